The van der Waals surface area contributed by atoms with E-state index < -0.39 is 0 Å². The Bertz CT molecular complexity index is 867. The van der Waals surface area contributed by atoms with Gasteiger partial charge in [-0.25, -0.2) is 9.97 Å². The Hall–Kier alpha value is -2.63. The summed E-state index contributed by atoms with van der Waals surface area (Å²) in [6.07, 6.45) is 2.47. The minimum atomic E-state index is 0.137. The van der Waals surface area contributed by atoms with E-state index in [-0.39, 0.29) is 5.91 Å². The zero-order valence-corrected chi connectivity index (χ0v) is 17.1. The highest BCUT2D eigenvalue weighted by Crippen LogP contribution is 2.24. The highest BCUT2D eigenvalue weighted by molar-refractivity contribution is 5.96. The van der Waals surface area contributed by atoms with Crippen LogP contribution >= 0.6 is 0 Å². The molecule has 0 bridgehead atoms. The molecule has 0 unspecified atom stereocenters. The molecule has 28 heavy (non-hydrogen) atoms. The SMILES string of the molecule is Cc1ccc(C)c(C(=O)N2CCN(c3cc(N4CCCC4)nc(C)n3)CC2)c1. The van der Waals surface area contributed by atoms with Gasteiger partial charge in [-0.15, -0.1) is 0 Å². The van der Waals surface area contributed by atoms with Crippen molar-refractivity contribution in [2.75, 3.05) is 49.1 Å². The molecule has 6 nitrogen and oxygen atoms in total. The number of nitrogens with zero attached hydrogens (tertiary/aromatic N) is 5. The normalized spacial score (nSPS) is 17.3. The maximum atomic E-state index is 13.0. The van der Waals surface area contributed by atoms with Crippen LogP contribution in [0.4, 0.5) is 11.6 Å². The number of hydrogen-bond acceptors (Lipinski definition) is 5. The van der Waals surface area contributed by atoms with Crippen molar-refractivity contribution in [3.63, 3.8) is 0 Å². The average molecular weight is 380 g/mol. The van der Waals surface area contributed by atoms with Crippen molar-refractivity contribution in [2.24, 2.45) is 0 Å². The Balaban J connectivity index is 1.45. The van der Waals surface area contributed by atoms with Crippen molar-refractivity contribution in [1.82, 2.24) is 14.9 Å². The molecular formula is C22H29N5O. The van der Waals surface area contributed by atoms with Crippen LogP contribution in [-0.2, 0) is 0 Å². The summed E-state index contributed by atoms with van der Waals surface area (Å²) in [7, 11) is 0. The van der Waals surface area contributed by atoms with Gasteiger partial charge in [0.1, 0.15) is 17.5 Å². The van der Waals surface area contributed by atoms with Crippen LogP contribution in [0.1, 0.15) is 40.2 Å². The molecule has 2 aliphatic heterocycles. The van der Waals surface area contributed by atoms with E-state index in [2.05, 4.69) is 31.9 Å². The van der Waals surface area contributed by atoms with Crippen molar-refractivity contribution in [3.05, 3.63) is 46.8 Å². The Morgan fingerprint density at radius 1 is 0.821 bits per heavy atom. The lowest BCUT2D eigenvalue weighted by atomic mass is 10.0. The summed E-state index contributed by atoms with van der Waals surface area (Å²) in [4.78, 5) is 28.9. The van der Waals surface area contributed by atoms with Gasteiger partial charge < -0.3 is 14.7 Å². The Labute approximate surface area is 167 Å². The summed E-state index contributed by atoms with van der Waals surface area (Å²) in [6.45, 7) is 11.2. The fraction of sp³-hybridized carbons (Fsp3) is 0.500. The number of hydrogen-bond donors (Lipinski definition) is 0. The molecule has 3 heterocycles. The molecule has 0 saturated carbocycles. The number of amides is 1. The second-order valence-electron chi connectivity index (χ2n) is 7.92. The fourth-order valence-corrected chi connectivity index (χ4v) is 4.08. The van der Waals surface area contributed by atoms with Gasteiger partial charge in [0.25, 0.3) is 5.91 Å². The molecule has 2 aromatic rings. The number of rotatable bonds is 3. The van der Waals surface area contributed by atoms with E-state index in [9.17, 15) is 4.79 Å². The third-order valence-electron chi connectivity index (χ3n) is 5.76. The van der Waals surface area contributed by atoms with Crippen molar-refractivity contribution in [1.29, 1.82) is 0 Å². The molecule has 148 valence electrons. The smallest absolute Gasteiger partial charge is 0.254 e. The molecule has 0 N–H and O–H groups in total. The lowest BCUT2D eigenvalue weighted by molar-refractivity contribution is 0.0745. The number of benzene rings is 1. The van der Waals surface area contributed by atoms with E-state index in [1.165, 1.54) is 12.8 Å². The zero-order chi connectivity index (χ0) is 19.7. The quantitative estimate of drug-likeness (QED) is 0.821. The summed E-state index contributed by atoms with van der Waals surface area (Å²) in [6, 6.07) is 8.20. The topological polar surface area (TPSA) is 52.6 Å². The van der Waals surface area contributed by atoms with Crippen molar-refractivity contribution in [2.45, 2.75) is 33.6 Å². The zero-order valence-electron chi connectivity index (χ0n) is 17.1. The second kappa shape index (κ2) is 7.78. The Kier molecular flexibility index (Phi) is 5.20. The first-order valence-electron chi connectivity index (χ1n) is 10.2. The van der Waals surface area contributed by atoms with Gasteiger partial charge in [-0.3, -0.25) is 4.79 Å². The number of aromatic nitrogens is 2. The van der Waals surface area contributed by atoms with E-state index in [4.69, 9.17) is 0 Å². The highest BCUT2D eigenvalue weighted by Gasteiger charge is 2.25. The molecule has 6 heteroatoms. The van der Waals surface area contributed by atoms with Crippen LogP contribution in [0.25, 0.3) is 0 Å². The molecule has 0 spiro atoms. The number of aryl methyl sites for hydroxylation is 3. The maximum Gasteiger partial charge on any atom is 0.254 e. The molecule has 2 saturated heterocycles. The number of carbonyl (C=O) groups is 1. The van der Waals surface area contributed by atoms with E-state index in [0.29, 0.717) is 13.1 Å². The van der Waals surface area contributed by atoms with Gasteiger partial charge in [-0.05, 0) is 45.2 Å². The molecule has 1 aromatic carbocycles. The predicted molar refractivity (Wildman–Crippen MR) is 112 cm³/mol. The van der Waals surface area contributed by atoms with Crippen molar-refractivity contribution >= 4 is 17.5 Å². The summed E-state index contributed by atoms with van der Waals surface area (Å²) < 4.78 is 0. The van der Waals surface area contributed by atoms with E-state index in [1.807, 2.05) is 37.8 Å². The first kappa shape index (κ1) is 18.7. The first-order valence-corrected chi connectivity index (χ1v) is 10.2. The minimum absolute atomic E-state index is 0.137. The number of carbonyl (C=O) groups excluding carboxylic acids is 1. The minimum Gasteiger partial charge on any atom is -0.356 e. The molecule has 0 aliphatic carbocycles. The molecule has 4 rings (SSSR count). The van der Waals surface area contributed by atoms with Gasteiger partial charge in [0, 0.05) is 50.9 Å². The van der Waals surface area contributed by atoms with Crippen LogP contribution in [-0.4, -0.2) is 60.0 Å². The van der Waals surface area contributed by atoms with Gasteiger partial charge in [0.15, 0.2) is 0 Å². The molecular weight excluding hydrogens is 350 g/mol. The molecule has 1 aromatic heterocycles. The van der Waals surface area contributed by atoms with Crippen molar-refractivity contribution < 1.29 is 4.79 Å². The summed E-state index contributed by atoms with van der Waals surface area (Å²) >= 11 is 0. The van der Waals surface area contributed by atoms with Gasteiger partial charge in [0.05, 0.1) is 0 Å². The molecule has 2 fully saturated rings. The predicted octanol–water partition coefficient (Wildman–Crippen LogP) is 2.96. The van der Waals surface area contributed by atoms with Gasteiger partial charge in [-0.1, -0.05) is 17.7 Å². The average Bonchev–Trinajstić information content (AvgIpc) is 3.24. The summed E-state index contributed by atoms with van der Waals surface area (Å²) in [5.74, 6) is 2.97. The lowest BCUT2D eigenvalue weighted by Gasteiger charge is -2.36. The number of piperazine rings is 1. The molecule has 0 radical (unpaired) electrons. The molecule has 1 amide bonds. The van der Waals surface area contributed by atoms with Crippen LogP contribution in [0.5, 0.6) is 0 Å². The second-order valence-corrected chi connectivity index (χ2v) is 7.92. The fourth-order valence-electron chi connectivity index (χ4n) is 4.08. The van der Waals surface area contributed by atoms with E-state index in [1.54, 1.807) is 0 Å². The van der Waals surface area contributed by atoms with Gasteiger partial charge in [-0.2, -0.15) is 0 Å². The van der Waals surface area contributed by atoms with Gasteiger partial charge in [0.2, 0.25) is 0 Å². The summed E-state index contributed by atoms with van der Waals surface area (Å²) in [5, 5.41) is 0. The van der Waals surface area contributed by atoms with Crippen molar-refractivity contribution in [3.8, 4) is 0 Å². The molecule has 0 atom stereocenters. The van der Waals surface area contributed by atoms with Crippen LogP contribution in [0.15, 0.2) is 24.3 Å². The standard InChI is InChI=1S/C22H29N5O/c1-16-6-7-17(2)19(14-16)22(28)27-12-10-26(11-13-27)21-15-20(23-18(3)24-21)25-8-4-5-9-25/h6-7,14-15H,4-5,8-13H2,1-3H3. The van der Waals surface area contributed by atoms with Crippen LogP contribution in [0.3, 0.4) is 0 Å². The largest absolute Gasteiger partial charge is 0.356 e. The Morgan fingerprint density at radius 3 is 2.07 bits per heavy atom. The monoisotopic (exact) mass is 379 g/mol. The van der Waals surface area contributed by atoms with E-state index >= 15 is 0 Å². The maximum absolute atomic E-state index is 13.0. The first-order chi connectivity index (χ1) is 13.5. The Morgan fingerprint density at radius 2 is 1.43 bits per heavy atom. The highest BCUT2D eigenvalue weighted by atomic mass is 16.2. The molecule has 2 aliphatic rings. The lowest BCUT2D eigenvalue weighted by Crippen LogP contribution is -2.49. The van der Waals surface area contributed by atoms with E-state index in [0.717, 1.165) is 60.3 Å². The third-order valence-corrected chi connectivity index (χ3v) is 5.76. The third kappa shape index (κ3) is 3.81. The number of anilines is 2. The van der Waals surface area contributed by atoms with Crippen LogP contribution < -0.4 is 9.80 Å². The van der Waals surface area contributed by atoms with Crippen LogP contribution in [0, 0.1) is 20.8 Å². The van der Waals surface area contributed by atoms with Crippen LogP contribution in [0.2, 0.25) is 0 Å². The summed E-state index contributed by atoms with van der Waals surface area (Å²) in [5.41, 5.74) is 2.99. The van der Waals surface area contributed by atoms with Gasteiger partial charge >= 0.3 is 0 Å².